The van der Waals surface area contributed by atoms with Gasteiger partial charge in [-0.05, 0) is 12.0 Å². The second kappa shape index (κ2) is 10.9. The lowest BCUT2D eigenvalue weighted by atomic mass is 9.95. The van der Waals surface area contributed by atoms with Gasteiger partial charge in [0.15, 0.2) is 0 Å². The van der Waals surface area contributed by atoms with Crippen LogP contribution in [0.5, 0.6) is 0 Å². The SMILES string of the molecule is COC(=O)C[C@@H](C(=O)OC)[C@H](NC(=O)CCc1ccccc1)C(=O)OC. The molecule has 0 radical (unpaired) electrons. The Bertz CT molecular complexity index is 630. The van der Waals surface area contributed by atoms with Crippen molar-refractivity contribution in [3.63, 3.8) is 0 Å². The number of amides is 1. The first-order valence-electron chi connectivity index (χ1n) is 7.98. The highest BCUT2D eigenvalue weighted by Crippen LogP contribution is 2.15. The lowest BCUT2D eigenvalue weighted by Crippen LogP contribution is -2.50. The quantitative estimate of drug-likeness (QED) is 0.505. The van der Waals surface area contributed by atoms with Crippen LogP contribution >= 0.6 is 0 Å². The molecule has 0 unspecified atom stereocenters. The molecule has 8 nitrogen and oxygen atoms in total. The summed E-state index contributed by atoms with van der Waals surface area (Å²) in [5.74, 6) is -4.09. The van der Waals surface area contributed by atoms with Crippen LogP contribution in [0, 0.1) is 5.92 Å². The largest absolute Gasteiger partial charge is 0.469 e. The third kappa shape index (κ3) is 6.54. The highest BCUT2D eigenvalue weighted by molar-refractivity contribution is 5.91. The van der Waals surface area contributed by atoms with E-state index >= 15 is 0 Å². The third-order valence-corrected chi connectivity index (χ3v) is 3.78. The van der Waals surface area contributed by atoms with Gasteiger partial charge in [-0.2, -0.15) is 0 Å². The normalized spacial score (nSPS) is 12.4. The summed E-state index contributed by atoms with van der Waals surface area (Å²) in [6.07, 6.45) is 0.131. The number of carbonyl (C=O) groups is 4. The molecule has 142 valence electrons. The number of nitrogens with one attached hydrogen (secondary N) is 1. The number of ether oxygens (including phenoxy) is 3. The van der Waals surface area contributed by atoms with Gasteiger partial charge in [0.05, 0.1) is 33.7 Å². The molecule has 0 fully saturated rings. The minimum Gasteiger partial charge on any atom is -0.469 e. The van der Waals surface area contributed by atoms with Crippen molar-refractivity contribution in [3.8, 4) is 0 Å². The molecule has 0 heterocycles. The Hall–Kier alpha value is -2.90. The van der Waals surface area contributed by atoms with Crippen molar-refractivity contribution >= 4 is 23.8 Å². The lowest BCUT2D eigenvalue weighted by molar-refractivity contribution is -0.159. The van der Waals surface area contributed by atoms with Crippen molar-refractivity contribution < 1.29 is 33.4 Å². The van der Waals surface area contributed by atoms with Crippen LogP contribution in [0.3, 0.4) is 0 Å². The van der Waals surface area contributed by atoms with Gasteiger partial charge in [0.1, 0.15) is 6.04 Å². The number of hydrogen-bond donors (Lipinski definition) is 1. The molecule has 0 aliphatic carbocycles. The van der Waals surface area contributed by atoms with Gasteiger partial charge in [-0.15, -0.1) is 0 Å². The number of hydrogen-bond acceptors (Lipinski definition) is 7. The molecule has 1 amide bonds. The second-order valence-corrected chi connectivity index (χ2v) is 5.46. The predicted octanol–water partition coefficient (Wildman–Crippen LogP) is 0.629. The van der Waals surface area contributed by atoms with Crippen molar-refractivity contribution in [2.75, 3.05) is 21.3 Å². The van der Waals surface area contributed by atoms with E-state index in [0.717, 1.165) is 26.9 Å². The average molecular weight is 365 g/mol. The maximum Gasteiger partial charge on any atom is 0.329 e. The Morgan fingerprint density at radius 2 is 1.54 bits per heavy atom. The van der Waals surface area contributed by atoms with E-state index in [9.17, 15) is 19.2 Å². The van der Waals surface area contributed by atoms with Crippen LogP contribution in [-0.4, -0.2) is 51.2 Å². The Morgan fingerprint density at radius 1 is 0.923 bits per heavy atom. The van der Waals surface area contributed by atoms with Gasteiger partial charge in [-0.3, -0.25) is 14.4 Å². The van der Waals surface area contributed by atoms with Crippen LogP contribution in [0.2, 0.25) is 0 Å². The fourth-order valence-corrected chi connectivity index (χ4v) is 2.35. The van der Waals surface area contributed by atoms with Gasteiger partial charge in [-0.25, -0.2) is 4.79 Å². The first kappa shape index (κ1) is 21.1. The molecule has 2 atom stereocenters. The summed E-state index contributed by atoms with van der Waals surface area (Å²) in [6.45, 7) is 0. The molecule has 0 bridgehead atoms. The smallest absolute Gasteiger partial charge is 0.329 e. The molecule has 1 N–H and O–H groups in total. The minimum absolute atomic E-state index is 0.101. The van der Waals surface area contributed by atoms with Gasteiger partial charge in [0.2, 0.25) is 5.91 Å². The number of rotatable bonds is 9. The topological polar surface area (TPSA) is 108 Å². The highest BCUT2D eigenvalue weighted by Gasteiger charge is 2.38. The van der Waals surface area contributed by atoms with Crippen molar-refractivity contribution in [1.82, 2.24) is 5.32 Å². The first-order valence-corrected chi connectivity index (χ1v) is 7.98. The number of aryl methyl sites for hydroxylation is 1. The van der Waals surface area contributed by atoms with Crippen LogP contribution < -0.4 is 5.32 Å². The molecule has 0 aromatic heterocycles. The summed E-state index contributed by atoms with van der Waals surface area (Å²) in [5, 5.41) is 2.46. The zero-order valence-corrected chi connectivity index (χ0v) is 15.0. The summed E-state index contributed by atoms with van der Waals surface area (Å²) in [6, 6.07) is 7.97. The fourth-order valence-electron chi connectivity index (χ4n) is 2.35. The van der Waals surface area contributed by atoms with Crippen molar-refractivity contribution in [2.45, 2.75) is 25.3 Å². The molecule has 26 heavy (non-hydrogen) atoms. The van der Waals surface area contributed by atoms with E-state index in [1.54, 1.807) is 0 Å². The van der Waals surface area contributed by atoms with Crippen molar-refractivity contribution in [1.29, 1.82) is 0 Å². The van der Waals surface area contributed by atoms with E-state index in [-0.39, 0.29) is 6.42 Å². The molecular weight excluding hydrogens is 342 g/mol. The lowest BCUT2D eigenvalue weighted by Gasteiger charge is -2.23. The maximum absolute atomic E-state index is 12.2. The summed E-state index contributed by atoms with van der Waals surface area (Å²) in [7, 11) is 3.40. The molecule has 0 aliphatic heterocycles. The number of benzene rings is 1. The fraction of sp³-hybridized carbons (Fsp3) is 0.444. The molecule has 0 saturated carbocycles. The first-order chi connectivity index (χ1) is 12.4. The Kier molecular flexibility index (Phi) is 8.83. The summed E-state index contributed by atoms with van der Waals surface area (Å²) < 4.78 is 13.8. The van der Waals surface area contributed by atoms with E-state index in [1.165, 1.54) is 0 Å². The van der Waals surface area contributed by atoms with E-state index in [1.807, 2.05) is 30.3 Å². The monoisotopic (exact) mass is 365 g/mol. The summed E-state index contributed by atoms with van der Waals surface area (Å²) >= 11 is 0. The molecule has 0 saturated heterocycles. The van der Waals surface area contributed by atoms with Gasteiger partial charge in [-0.1, -0.05) is 30.3 Å². The number of carbonyl (C=O) groups excluding carboxylic acids is 4. The van der Waals surface area contributed by atoms with Gasteiger partial charge in [0.25, 0.3) is 0 Å². The van der Waals surface area contributed by atoms with E-state index in [4.69, 9.17) is 0 Å². The molecule has 1 aromatic carbocycles. The van der Waals surface area contributed by atoms with E-state index in [0.29, 0.717) is 6.42 Å². The number of methoxy groups -OCH3 is 3. The standard InChI is InChI=1S/C18H23NO7/c1-24-15(21)11-13(17(22)25-2)16(18(23)26-3)19-14(20)10-9-12-7-5-4-6-8-12/h4-8,13,16H,9-11H2,1-3H3,(H,19,20)/t13-,16+/m1/s1. The van der Waals surface area contributed by atoms with Gasteiger partial charge in [0, 0.05) is 6.42 Å². The zero-order valence-electron chi connectivity index (χ0n) is 15.0. The molecule has 0 aliphatic rings. The van der Waals surface area contributed by atoms with Crippen LogP contribution in [0.1, 0.15) is 18.4 Å². The van der Waals surface area contributed by atoms with E-state index < -0.39 is 42.2 Å². The van der Waals surface area contributed by atoms with Crippen LogP contribution in [-0.2, 0) is 39.8 Å². The zero-order chi connectivity index (χ0) is 19.5. The highest BCUT2D eigenvalue weighted by atomic mass is 16.5. The second-order valence-electron chi connectivity index (χ2n) is 5.46. The average Bonchev–Trinajstić information content (AvgIpc) is 2.68. The number of esters is 3. The Labute approximate surface area is 151 Å². The maximum atomic E-state index is 12.2. The van der Waals surface area contributed by atoms with E-state index in [2.05, 4.69) is 19.5 Å². The van der Waals surface area contributed by atoms with Gasteiger partial charge >= 0.3 is 17.9 Å². The summed E-state index contributed by atoms with van der Waals surface area (Å²) in [5.41, 5.74) is 0.955. The van der Waals surface area contributed by atoms with Gasteiger partial charge < -0.3 is 19.5 Å². The molecule has 8 heteroatoms. The Balaban J connectivity index is 2.85. The van der Waals surface area contributed by atoms with Crippen LogP contribution in [0.4, 0.5) is 0 Å². The Morgan fingerprint density at radius 3 is 2.08 bits per heavy atom. The third-order valence-electron chi connectivity index (χ3n) is 3.78. The molecular formula is C18H23NO7. The predicted molar refractivity (Wildman–Crippen MR) is 90.8 cm³/mol. The van der Waals surface area contributed by atoms with Crippen LogP contribution in [0.15, 0.2) is 30.3 Å². The van der Waals surface area contributed by atoms with Crippen LogP contribution in [0.25, 0.3) is 0 Å². The molecule has 1 aromatic rings. The molecule has 0 spiro atoms. The summed E-state index contributed by atoms with van der Waals surface area (Å²) in [4.78, 5) is 47.8. The minimum atomic E-state index is -1.35. The van der Waals surface area contributed by atoms with Crippen molar-refractivity contribution in [3.05, 3.63) is 35.9 Å². The molecule has 1 rings (SSSR count). The van der Waals surface area contributed by atoms with Crippen molar-refractivity contribution in [2.24, 2.45) is 5.92 Å².